The minimum Gasteiger partial charge on any atom is -0.393 e. The molecule has 2 aromatic heterocycles. The average Bonchev–Trinajstić information content (AvgIpc) is 2.84. The first kappa shape index (κ1) is 11.5. The van der Waals surface area contributed by atoms with Crippen LogP contribution in [0, 0.1) is 5.92 Å². The summed E-state index contributed by atoms with van der Waals surface area (Å²) < 4.78 is 1.75. The smallest absolute Gasteiger partial charge is 0.157 e. The fourth-order valence-electron chi connectivity index (χ4n) is 2.61. The summed E-state index contributed by atoms with van der Waals surface area (Å²) in [5.74, 6) is 1.43. The Kier molecular flexibility index (Phi) is 3.15. The van der Waals surface area contributed by atoms with Crippen LogP contribution in [0.25, 0.3) is 5.65 Å². The van der Waals surface area contributed by atoms with Gasteiger partial charge < -0.3 is 10.4 Å². The molecular formula is C13H18N4O. The third-order valence-electron chi connectivity index (χ3n) is 3.58. The van der Waals surface area contributed by atoms with Crippen LogP contribution in [0.15, 0.2) is 24.5 Å². The van der Waals surface area contributed by atoms with Crippen LogP contribution in [-0.4, -0.2) is 32.4 Å². The molecule has 0 spiro atoms. The van der Waals surface area contributed by atoms with Crippen LogP contribution in [0.3, 0.4) is 0 Å². The number of hydrogen-bond donors (Lipinski definition) is 2. The van der Waals surface area contributed by atoms with E-state index >= 15 is 0 Å². The maximum atomic E-state index is 9.64. The minimum absolute atomic E-state index is 0.115. The summed E-state index contributed by atoms with van der Waals surface area (Å²) in [5, 5.41) is 17.1. The molecule has 2 heterocycles. The highest BCUT2D eigenvalue weighted by molar-refractivity contribution is 5.45. The van der Waals surface area contributed by atoms with Gasteiger partial charge in [0.1, 0.15) is 5.82 Å². The van der Waals surface area contributed by atoms with Crippen molar-refractivity contribution in [1.29, 1.82) is 0 Å². The van der Waals surface area contributed by atoms with Crippen LogP contribution in [0.4, 0.5) is 5.82 Å². The number of hydrogen-bond acceptors (Lipinski definition) is 4. The van der Waals surface area contributed by atoms with E-state index in [1.165, 1.54) is 6.42 Å². The van der Waals surface area contributed by atoms with Crippen LogP contribution in [-0.2, 0) is 0 Å². The van der Waals surface area contributed by atoms with Crippen LogP contribution in [0.1, 0.15) is 25.7 Å². The third kappa shape index (κ3) is 2.46. The van der Waals surface area contributed by atoms with E-state index in [0.29, 0.717) is 5.92 Å². The normalized spacial score (nSPS) is 24.3. The number of anilines is 1. The molecule has 2 N–H and O–H groups in total. The first-order valence-electron chi connectivity index (χ1n) is 6.53. The van der Waals surface area contributed by atoms with Gasteiger partial charge in [-0.05, 0) is 31.2 Å². The lowest BCUT2D eigenvalue weighted by Gasteiger charge is -2.26. The van der Waals surface area contributed by atoms with Crippen LogP contribution in [0.2, 0.25) is 0 Å². The van der Waals surface area contributed by atoms with E-state index in [1.54, 1.807) is 10.7 Å². The van der Waals surface area contributed by atoms with Gasteiger partial charge in [-0.25, -0.2) is 9.50 Å². The Morgan fingerprint density at radius 3 is 3.22 bits per heavy atom. The molecule has 1 fully saturated rings. The first-order chi connectivity index (χ1) is 8.81. The Hall–Kier alpha value is -1.62. The maximum Gasteiger partial charge on any atom is 0.157 e. The van der Waals surface area contributed by atoms with E-state index in [1.807, 2.05) is 18.3 Å². The second-order valence-electron chi connectivity index (χ2n) is 5.01. The van der Waals surface area contributed by atoms with Crippen molar-refractivity contribution in [1.82, 2.24) is 14.6 Å². The fraction of sp³-hybridized carbons (Fsp3) is 0.538. The molecule has 2 aromatic rings. The zero-order valence-electron chi connectivity index (χ0n) is 10.3. The number of fused-ring (bicyclic) bond motifs is 1. The van der Waals surface area contributed by atoms with Crippen LogP contribution in [0.5, 0.6) is 0 Å². The van der Waals surface area contributed by atoms with Crippen molar-refractivity contribution in [2.75, 3.05) is 11.9 Å². The van der Waals surface area contributed by atoms with Crippen molar-refractivity contribution in [3.8, 4) is 0 Å². The van der Waals surface area contributed by atoms with Gasteiger partial charge in [0.05, 0.1) is 12.3 Å². The van der Waals surface area contributed by atoms with Gasteiger partial charge in [-0.1, -0.05) is 6.42 Å². The molecule has 0 bridgehead atoms. The highest BCUT2D eigenvalue weighted by atomic mass is 16.3. The van der Waals surface area contributed by atoms with Crippen molar-refractivity contribution < 1.29 is 5.11 Å². The molecule has 1 aliphatic carbocycles. The largest absolute Gasteiger partial charge is 0.393 e. The Bertz CT molecular complexity index is 524. The van der Waals surface area contributed by atoms with Crippen molar-refractivity contribution in [2.24, 2.45) is 5.92 Å². The summed E-state index contributed by atoms with van der Waals surface area (Å²) in [4.78, 5) is 4.47. The third-order valence-corrected chi connectivity index (χ3v) is 3.58. The van der Waals surface area contributed by atoms with E-state index in [4.69, 9.17) is 0 Å². The highest BCUT2D eigenvalue weighted by Crippen LogP contribution is 2.24. The number of aliphatic hydroxyl groups excluding tert-OH is 1. The van der Waals surface area contributed by atoms with Gasteiger partial charge >= 0.3 is 0 Å². The lowest BCUT2D eigenvalue weighted by molar-refractivity contribution is 0.104. The average molecular weight is 246 g/mol. The highest BCUT2D eigenvalue weighted by Gasteiger charge is 2.19. The monoisotopic (exact) mass is 246 g/mol. The quantitative estimate of drug-likeness (QED) is 0.865. The molecule has 5 nitrogen and oxygen atoms in total. The van der Waals surface area contributed by atoms with Crippen LogP contribution < -0.4 is 5.32 Å². The molecule has 2 unspecified atom stereocenters. The molecule has 96 valence electrons. The predicted octanol–water partition coefficient (Wildman–Crippen LogP) is 1.69. The topological polar surface area (TPSA) is 62.5 Å². The van der Waals surface area contributed by atoms with Gasteiger partial charge in [0, 0.05) is 18.8 Å². The van der Waals surface area contributed by atoms with E-state index < -0.39 is 0 Å². The molecular weight excluding hydrogens is 228 g/mol. The van der Waals surface area contributed by atoms with Crippen molar-refractivity contribution >= 4 is 11.5 Å². The Balaban J connectivity index is 1.61. The molecule has 0 aliphatic heterocycles. The molecule has 0 aromatic carbocycles. The van der Waals surface area contributed by atoms with Gasteiger partial charge in [-0.3, -0.25) is 0 Å². The summed E-state index contributed by atoms with van der Waals surface area (Å²) in [6, 6.07) is 3.81. The standard InChI is InChI=1S/C13H18N4O/c18-11-3-1-2-10(8-11)9-14-12-5-7-17-13(16-12)4-6-15-17/h4-7,10-11,18H,1-3,8-9H2,(H,14,16). The van der Waals surface area contributed by atoms with Gasteiger partial charge in [-0.2, -0.15) is 5.10 Å². The predicted molar refractivity (Wildman–Crippen MR) is 69.4 cm³/mol. The summed E-state index contributed by atoms with van der Waals surface area (Å²) in [6.45, 7) is 0.883. The summed E-state index contributed by atoms with van der Waals surface area (Å²) in [7, 11) is 0. The molecule has 5 heteroatoms. The van der Waals surface area contributed by atoms with Gasteiger partial charge in [-0.15, -0.1) is 0 Å². The molecule has 0 amide bonds. The Labute approximate surface area is 106 Å². The number of aromatic nitrogens is 3. The number of aliphatic hydroxyl groups is 1. The molecule has 3 rings (SSSR count). The van der Waals surface area contributed by atoms with E-state index in [2.05, 4.69) is 15.4 Å². The number of nitrogens with zero attached hydrogens (tertiary/aromatic N) is 3. The minimum atomic E-state index is -0.115. The molecule has 0 saturated heterocycles. The molecule has 1 aliphatic rings. The lowest BCUT2D eigenvalue weighted by Crippen LogP contribution is -2.25. The van der Waals surface area contributed by atoms with E-state index in [0.717, 1.165) is 37.3 Å². The molecule has 18 heavy (non-hydrogen) atoms. The SMILES string of the molecule is OC1CCCC(CNc2ccn3nccc3n2)C1. The molecule has 1 saturated carbocycles. The summed E-state index contributed by atoms with van der Waals surface area (Å²) >= 11 is 0. The number of nitrogens with one attached hydrogen (secondary N) is 1. The Morgan fingerprint density at radius 2 is 2.33 bits per heavy atom. The zero-order valence-corrected chi connectivity index (χ0v) is 10.3. The van der Waals surface area contributed by atoms with Crippen molar-refractivity contribution in [3.05, 3.63) is 24.5 Å². The number of rotatable bonds is 3. The molecule has 0 radical (unpaired) electrons. The van der Waals surface area contributed by atoms with Crippen LogP contribution >= 0.6 is 0 Å². The second kappa shape index (κ2) is 4.94. The first-order valence-corrected chi connectivity index (χ1v) is 6.53. The second-order valence-corrected chi connectivity index (χ2v) is 5.01. The van der Waals surface area contributed by atoms with Crippen molar-refractivity contribution in [3.63, 3.8) is 0 Å². The summed E-state index contributed by atoms with van der Waals surface area (Å²) in [5.41, 5.74) is 0.851. The maximum absolute atomic E-state index is 9.64. The van der Waals surface area contributed by atoms with Gasteiger partial charge in [0.2, 0.25) is 0 Å². The van der Waals surface area contributed by atoms with Gasteiger partial charge in [0.15, 0.2) is 5.65 Å². The van der Waals surface area contributed by atoms with E-state index in [9.17, 15) is 5.11 Å². The van der Waals surface area contributed by atoms with E-state index in [-0.39, 0.29) is 6.10 Å². The van der Waals surface area contributed by atoms with Crippen molar-refractivity contribution in [2.45, 2.75) is 31.8 Å². The molecule has 2 atom stereocenters. The zero-order chi connectivity index (χ0) is 12.4. The van der Waals surface area contributed by atoms with Gasteiger partial charge in [0.25, 0.3) is 0 Å². The lowest BCUT2D eigenvalue weighted by atomic mass is 9.87. The fourth-order valence-corrected chi connectivity index (χ4v) is 2.61. The summed E-state index contributed by atoms with van der Waals surface area (Å²) in [6.07, 6.45) is 7.71. The Morgan fingerprint density at radius 1 is 1.39 bits per heavy atom.